The van der Waals surface area contributed by atoms with Gasteiger partial charge < -0.3 is 10.1 Å². The number of amides is 1. The zero-order chi connectivity index (χ0) is 14.7. The molecule has 1 aromatic rings. The summed E-state index contributed by atoms with van der Waals surface area (Å²) in [6, 6.07) is -0.592. The molecule has 1 aliphatic heterocycles. The van der Waals surface area contributed by atoms with Gasteiger partial charge in [0, 0.05) is 13.2 Å². The Balaban J connectivity index is 1.97. The highest BCUT2D eigenvalue weighted by atomic mass is 16.6. The lowest BCUT2D eigenvalue weighted by atomic mass is 10.2. The number of aromatic nitrogens is 2. The predicted molar refractivity (Wildman–Crippen MR) is 70.3 cm³/mol. The van der Waals surface area contributed by atoms with Gasteiger partial charge in [-0.2, -0.15) is 5.10 Å². The van der Waals surface area contributed by atoms with Gasteiger partial charge in [0.1, 0.15) is 17.9 Å². The van der Waals surface area contributed by atoms with Gasteiger partial charge >= 0.3 is 5.69 Å². The van der Waals surface area contributed by atoms with Crippen molar-refractivity contribution in [2.75, 3.05) is 13.2 Å². The number of carbonyl (C=O) groups excluding carboxylic acids is 1. The standard InChI is InChI=1S/C12H18N4O4/c1-8-11(16(18)19)7-14-15(8)9(2)12(17)13-6-10-4-3-5-20-10/h7,9-10H,3-6H2,1-2H3,(H,13,17). The number of carbonyl (C=O) groups is 1. The van der Waals surface area contributed by atoms with E-state index in [0.29, 0.717) is 12.2 Å². The highest BCUT2D eigenvalue weighted by Gasteiger charge is 2.24. The summed E-state index contributed by atoms with van der Waals surface area (Å²) in [6.45, 7) is 4.44. The molecule has 0 saturated carbocycles. The summed E-state index contributed by atoms with van der Waals surface area (Å²) in [5.41, 5.74) is 0.290. The van der Waals surface area contributed by atoms with Gasteiger partial charge in [0.25, 0.3) is 0 Å². The number of hydrogen-bond acceptors (Lipinski definition) is 5. The number of nitrogens with zero attached hydrogens (tertiary/aromatic N) is 3. The van der Waals surface area contributed by atoms with E-state index in [9.17, 15) is 14.9 Å². The van der Waals surface area contributed by atoms with Crippen LogP contribution in [-0.4, -0.2) is 39.9 Å². The van der Waals surface area contributed by atoms with Gasteiger partial charge in [-0.1, -0.05) is 0 Å². The average Bonchev–Trinajstić information content (AvgIpc) is 3.04. The maximum atomic E-state index is 12.0. The first kappa shape index (κ1) is 14.4. The Morgan fingerprint density at radius 3 is 3.05 bits per heavy atom. The van der Waals surface area contributed by atoms with Crippen LogP contribution in [-0.2, 0) is 9.53 Å². The van der Waals surface area contributed by atoms with Gasteiger partial charge in [0.2, 0.25) is 5.91 Å². The Labute approximate surface area is 116 Å². The van der Waals surface area contributed by atoms with E-state index >= 15 is 0 Å². The first-order valence-corrected chi connectivity index (χ1v) is 6.58. The summed E-state index contributed by atoms with van der Waals surface area (Å²) in [6.07, 6.45) is 3.19. The molecule has 2 unspecified atom stereocenters. The monoisotopic (exact) mass is 282 g/mol. The fourth-order valence-corrected chi connectivity index (χ4v) is 2.26. The molecule has 1 aromatic heterocycles. The fourth-order valence-electron chi connectivity index (χ4n) is 2.26. The molecule has 2 atom stereocenters. The second-order valence-corrected chi connectivity index (χ2v) is 4.87. The van der Waals surface area contributed by atoms with E-state index in [4.69, 9.17) is 4.74 Å². The van der Waals surface area contributed by atoms with Crippen molar-refractivity contribution >= 4 is 11.6 Å². The topological polar surface area (TPSA) is 99.3 Å². The fraction of sp³-hybridized carbons (Fsp3) is 0.667. The van der Waals surface area contributed by atoms with Crippen molar-refractivity contribution in [3.05, 3.63) is 22.0 Å². The van der Waals surface area contributed by atoms with Gasteiger partial charge in [-0.3, -0.25) is 19.6 Å². The van der Waals surface area contributed by atoms with Crippen LogP contribution in [0.1, 0.15) is 31.5 Å². The molecule has 110 valence electrons. The van der Waals surface area contributed by atoms with Crippen molar-refractivity contribution in [2.24, 2.45) is 0 Å². The zero-order valence-corrected chi connectivity index (χ0v) is 11.5. The van der Waals surface area contributed by atoms with Crippen LogP contribution in [0.15, 0.2) is 6.20 Å². The van der Waals surface area contributed by atoms with Crippen molar-refractivity contribution in [1.29, 1.82) is 0 Å². The Kier molecular flexibility index (Phi) is 4.33. The smallest absolute Gasteiger partial charge is 0.309 e. The lowest BCUT2D eigenvalue weighted by Gasteiger charge is -2.16. The highest BCUT2D eigenvalue weighted by molar-refractivity contribution is 5.80. The Bertz CT molecular complexity index is 508. The van der Waals surface area contributed by atoms with Crippen LogP contribution < -0.4 is 5.32 Å². The lowest BCUT2D eigenvalue weighted by Crippen LogP contribution is -2.36. The van der Waals surface area contributed by atoms with E-state index in [0.717, 1.165) is 19.4 Å². The predicted octanol–water partition coefficient (Wildman–Crippen LogP) is 0.956. The van der Waals surface area contributed by atoms with Crippen molar-refractivity contribution in [3.63, 3.8) is 0 Å². The third-order valence-electron chi connectivity index (χ3n) is 3.49. The van der Waals surface area contributed by atoms with E-state index in [2.05, 4.69) is 10.4 Å². The minimum absolute atomic E-state index is 0.0687. The largest absolute Gasteiger partial charge is 0.376 e. The molecule has 2 heterocycles. The summed E-state index contributed by atoms with van der Waals surface area (Å²) in [5, 5.41) is 17.5. The lowest BCUT2D eigenvalue weighted by molar-refractivity contribution is -0.385. The summed E-state index contributed by atoms with van der Waals surface area (Å²) in [4.78, 5) is 22.3. The van der Waals surface area contributed by atoms with Gasteiger partial charge in [-0.25, -0.2) is 0 Å². The second kappa shape index (κ2) is 6.00. The summed E-state index contributed by atoms with van der Waals surface area (Å²) in [5.74, 6) is -0.221. The van der Waals surface area contributed by atoms with E-state index in [1.54, 1.807) is 13.8 Å². The van der Waals surface area contributed by atoms with Gasteiger partial charge in [-0.05, 0) is 26.7 Å². The third-order valence-corrected chi connectivity index (χ3v) is 3.49. The maximum Gasteiger partial charge on any atom is 0.309 e. The van der Waals surface area contributed by atoms with Crippen molar-refractivity contribution in [2.45, 2.75) is 38.8 Å². The second-order valence-electron chi connectivity index (χ2n) is 4.87. The number of ether oxygens (including phenoxy) is 1. The van der Waals surface area contributed by atoms with Crippen LogP contribution in [0.2, 0.25) is 0 Å². The number of rotatable bonds is 5. The molecule has 1 N–H and O–H groups in total. The van der Waals surface area contributed by atoms with Crippen LogP contribution >= 0.6 is 0 Å². The van der Waals surface area contributed by atoms with Gasteiger partial charge in [0.05, 0.1) is 11.0 Å². The number of nitrogens with one attached hydrogen (secondary N) is 1. The molecule has 0 radical (unpaired) electrons. The third kappa shape index (κ3) is 2.96. The van der Waals surface area contributed by atoms with Gasteiger partial charge in [-0.15, -0.1) is 0 Å². The molecular weight excluding hydrogens is 264 g/mol. The van der Waals surface area contributed by atoms with Gasteiger partial charge in [0.15, 0.2) is 0 Å². The number of hydrogen-bond donors (Lipinski definition) is 1. The summed E-state index contributed by atoms with van der Waals surface area (Å²) in [7, 11) is 0. The average molecular weight is 282 g/mol. The summed E-state index contributed by atoms with van der Waals surface area (Å²) >= 11 is 0. The molecule has 1 aliphatic rings. The highest BCUT2D eigenvalue weighted by Crippen LogP contribution is 2.20. The minimum atomic E-state index is -0.592. The van der Waals surface area contributed by atoms with Crippen LogP contribution in [0.4, 0.5) is 5.69 Å². The molecule has 2 rings (SSSR count). The first-order valence-electron chi connectivity index (χ1n) is 6.58. The van der Waals surface area contributed by atoms with Crippen LogP contribution in [0, 0.1) is 17.0 Å². The van der Waals surface area contributed by atoms with Crippen molar-refractivity contribution < 1.29 is 14.5 Å². The molecule has 1 amide bonds. The molecular formula is C12H18N4O4. The molecule has 1 fully saturated rings. The van der Waals surface area contributed by atoms with Crippen LogP contribution in [0.5, 0.6) is 0 Å². The van der Waals surface area contributed by atoms with Crippen molar-refractivity contribution in [3.8, 4) is 0 Å². The number of nitro groups is 1. The molecule has 0 aliphatic carbocycles. The molecule has 20 heavy (non-hydrogen) atoms. The van der Waals surface area contributed by atoms with E-state index in [1.165, 1.54) is 10.9 Å². The Morgan fingerprint density at radius 1 is 1.75 bits per heavy atom. The first-order chi connectivity index (χ1) is 9.50. The molecule has 8 heteroatoms. The molecule has 0 aromatic carbocycles. The normalized spacial score (nSPS) is 19.8. The van der Waals surface area contributed by atoms with E-state index in [-0.39, 0.29) is 17.7 Å². The molecule has 0 spiro atoms. The maximum absolute atomic E-state index is 12.0. The summed E-state index contributed by atoms with van der Waals surface area (Å²) < 4.78 is 6.79. The minimum Gasteiger partial charge on any atom is -0.376 e. The Hall–Kier alpha value is -1.96. The van der Waals surface area contributed by atoms with Crippen molar-refractivity contribution in [1.82, 2.24) is 15.1 Å². The van der Waals surface area contributed by atoms with E-state index in [1.807, 2.05) is 0 Å². The molecule has 0 bridgehead atoms. The van der Waals surface area contributed by atoms with E-state index < -0.39 is 11.0 Å². The molecule has 8 nitrogen and oxygen atoms in total. The quantitative estimate of drug-likeness (QED) is 0.640. The Morgan fingerprint density at radius 2 is 2.50 bits per heavy atom. The molecule has 1 saturated heterocycles. The van der Waals surface area contributed by atoms with Crippen LogP contribution in [0.25, 0.3) is 0 Å². The SMILES string of the molecule is Cc1c([N+](=O)[O-])cnn1C(C)C(=O)NCC1CCCO1. The zero-order valence-electron chi connectivity index (χ0n) is 11.5. The van der Waals surface area contributed by atoms with Crippen LogP contribution in [0.3, 0.4) is 0 Å².